The Kier molecular flexibility index (Phi) is 54.4. The zero-order chi connectivity index (χ0) is 47.2. The summed E-state index contributed by atoms with van der Waals surface area (Å²) in [7, 11) is 0. The van der Waals surface area contributed by atoms with Crippen molar-refractivity contribution in [3.63, 3.8) is 0 Å². The summed E-state index contributed by atoms with van der Waals surface area (Å²) in [5, 5.41) is 33.3. The minimum atomic E-state index is -1.10. The summed E-state index contributed by atoms with van der Waals surface area (Å²) in [6.45, 7) is 4.20. The second-order valence-electron chi connectivity index (χ2n) is 20.6. The fourth-order valence-corrected chi connectivity index (χ4v) is 9.44. The number of rotatable bonds is 55. The van der Waals surface area contributed by atoms with Gasteiger partial charge in [-0.15, -0.1) is 0 Å². The minimum absolute atomic E-state index is 0.372. The molecule has 0 aromatic carbocycles. The Morgan fingerprint density at radius 2 is 0.631 bits per heavy atom. The maximum Gasteiger partial charge on any atom is 0.249 e. The average Bonchev–Trinajstić information content (AvgIpc) is 3.31. The number of carbonyl (C=O) groups is 1. The maximum absolute atomic E-state index is 12.5. The molecule has 0 aliphatic carbocycles. The van der Waals surface area contributed by atoms with E-state index in [-0.39, 0.29) is 6.61 Å². The number of hydrogen-bond donors (Lipinski definition) is 4. The zero-order valence-corrected chi connectivity index (χ0v) is 44.1. The molecule has 0 bridgehead atoms. The molecule has 4 N–H and O–H groups in total. The Morgan fingerprint density at radius 1 is 0.369 bits per heavy atom. The van der Waals surface area contributed by atoms with Crippen molar-refractivity contribution in [3.05, 3.63) is 24.3 Å². The molecule has 0 aliphatic heterocycles. The maximum atomic E-state index is 12.5. The smallest absolute Gasteiger partial charge is 0.249 e. The van der Waals surface area contributed by atoms with Crippen molar-refractivity contribution in [1.82, 2.24) is 5.32 Å². The lowest BCUT2D eigenvalue weighted by Gasteiger charge is -2.21. The molecular formula is C60H117NO4. The van der Waals surface area contributed by atoms with E-state index in [1.54, 1.807) is 6.08 Å². The molecule has 0 aliphatic rings. The summed E-state index contributed by atoms with van der Waals surface area (Å²) < 4.78 is 0. The van der Waals surface area contributed by atoms with Crippen LogP contribution < -0.4 is 5.32 Å². The molecule has 3 unspecified atom stereocenters. The van der Waals surface area contributed by atoms with Crippen LogP contribution in [0.3, 0.4) is 0 Å². The van der Waals surface area contributed by atoms with Crippen LogP contribution in [0.15, 0.2) is 24.3 Å². The van der Waals surface area contributed by atoms with E-state index in [0.29, 0.717) is 6.42 Å². The second kappa shape index (κ2) is 55.4. The van der Waals surface area contributed by atoms with Crippen LogP contribution in [0.4, 0.5) is 0 Å². The summed E-state index contributed by atoms with van der Waals surface area (Å²) in [4.78, 5) is 12.5. The van der Waals surface area contributed by atoms with Crippen molar-refractivity contribution in [2.75, 3.05) is 6.61 Å². The van der Waals surface area contributed by atoms with Crippen LogP contribution in [0, 0.1) is 0 Å². The van der Waals surface area contributed by atoms with Gasteiger partial charge in [0.2, 0.25) is 5.91 Å². The van der Waals surface area contributed by atoms with Gasteiger partial charge in [0.1, 0.15) is 6.10 Å². The molecule has 0 rings (SSSR count). The highest BCUT2D eigenvalue weighted by atomic mass is 16.3. The van der Waals surface area contributed by atoms with Gasteiger partial charge in [-0.2, -0.15) is 0 Å². The molecule has 0 aromatic heterocycles. The number of aliphatic hydroxyl groups is 3. The van der Waals surface area contributed by atoms with Crippen LogP contribution in [-0.4, -0.2) is 46.1 Å². The fourth-order valence-electron chi connectivity index (χ4n) is 9.44. The molecule has 0 aromatic rings. The van der Waals surface area contributed by atoms with Gasteiger partial charge in [-0.05, 0) is 32.1 Å². The van der Waals surface area contributed by atoms with E-state index in [1.807, 2.05) is 6.08 Å². The third kappa shape index (κ3) is 50.5. The Hall–Kier alpha value is -1.17. The molecule has 0 heterocycles. The number of unbranched alkanes of at least 4 members (excludes halogenated alkanes) is 45. The van der Waals surface area contributed by atoms with Gasteiger partial charge < -0.3 is 20.6 Å². The van der Waals surface area contributed by atoms with E-state index in [1.165, 1.54) is 270 Å². The molecule has 0 radical (unpaired) electrons. The van der Waals surface area contributed by atoms with E-state index in [2.05, 4.69) is 31.3 Å². The lowest BCUT2D eigenvalue weighted by molar-refractivity contribution is -0.131. The molecule has 3 atom stereocenters. The third-order valence-corrected chi connectivity index (χ3v) is 14.0. The Labute approximate surface area is 407 Å². The summed E-state index contributed by atoms with van der Waals surface area (Å²) in [6, 6.07) is -0.812. The van der Waals surface area contributed by atoms with Crippen molar-refractivity contribution >= 4 is 5.91 Å². The lowest BCUT2D eigenvalue weighted by Crippen LogP contribution is -2.48. The van der Waals surface area contributed by atoms with E-state index in [0.717, 1.165) is 38.5 Å². The number of amides is 1. The van der Waals surface area contributed by atoms with E-state index in [9.17, 15) is 20.1 Å². The van der Waals surface area contributed by atoms with Crippen molar-refractivity contribution < 1.29 is 20.1 Å². The van der Waals surface area contributed by atoms with Crippen LogP contribution in [0.25, 0.3) is 0 Å². The number of allylic oxidation sites excluding steroid dienone is 3. The predicted octanol–water partition coefficient (Wildman–Crippen LogP) is 18.5. The largest absolute Gasteiger partial charge is 0.394 e. The van der Waals surface area contributed by atoms with Crippen molar-refractivity contribution in [3.8, 4) is 0 Å². The first-order valence-electron chi connectivity index (χ1n) is 29.7. The predicted molar refractivity (Wildman–Crippen MR) is 287 cm³/mol. The van der Waals surface area contributed by atoms with Crippen LogP contribution >= 0.6 is 0 Å². The van der Waals surface area contributed by atoms with Gasteiger partial charge >= 0.3 is 0 Å². The number of aliphatic hydroxyl groups excluding tert-OH is 3. The first-order valence-corrected chi connectivity index (χ1v) is 29.7. The summed E-state index contributed by atoms with van der Waals surface area (Å²) in [6.07, 6.45) is 71.4. The molecule has 1 amide bonds. The van der Waals surface area contributed by atoms with Crippen molar-refractivity contribution in [1.29, 1.82) is 0 Å². The first kappa shape index (κ1) is 63.8. The molecule has 5 heteroatoms. The average molecular weight is 917 g/mol. The standard InChI is InChI=1S/C60H117NO4/c1-3-5-7-9-11-13-15-17-19-21-22-23-24-25-26-27-28-29-30-31-32-33-34-35-36-37-39-41-43-45-47-49-51-53-55-59(64)60(65)61-57(56-62)58(63)54-52-50-48-46-44-42-40-38-20-18-16-14-12-10-8-6-4-2/h44,46,52,54,57-59,62-64H,3-43,45,47-51,53,55-56H2,1-2H3,(H,61,65)/b46-44+,54-52+. The van der Waals surface area contributed by atoms with Crippen molar-refractivity contribution in [2.24, 2.45) is 0 Å². The highest BCUT2D eigenvalue weighted by Gasteiger charge is 2.22. The van der Waals surface area contributed by atoms with Crippen molar-refractivity contribution in [2.45, 2.75) is 347 Å². The molecular weight excluding hydrogens is 799 g/mol. The summed E-state index contributed by atoms with van der Waals surface area (Å²) in [5.41, 5.74) is 0. The normalized spacial score (nSPS) is 13.4. The topological polar surface area (TPSA) is 89.8 Å². The van der Waals surface area contributed by atoms with Gasteiger partial charge in [-0.25, -0.2) is 0 Å². The fraction of sp³-hybridized carbons (Fsp3) is 0.917. The van der Waals surface area contributed by atoms with Gasteiger partial charge in [0, 0.05) is 0 Å². The summed E-state index contributed by atoms with van der Waals surface area (Å²) in [5.74, 6) is -0.507. The number of nitrogens with one attached hydrogen (secondary N) is 1. The monoisotopic (exact) mass is 916 g/mol. The quantitative estimate of drug-likeness (QED) is 0.0361. The minimum Gasteiger partial charge on any atom is -0.394 e. The van der Waals surface area contributed by atoms with Crippen LogP contribution in [0.2, 0.25) is 0 Å². The molecule has 0 fully saturated rings. The Balaban J connectivity index is 3.49. The van der Waals surface area contributed by atoms with Gasteiger partial charge in [0.05, 0.1) is 18.8 Å². The lowest BCUT2D eigenvalue weighted by atomic mass is 10.0. The van der Waals surface area contributed by atoms with E-state index < -0.39 is 24.2 Å². The van der Waals surface area contributed by atoms with E-state index >= 15 is 0 Å². The van der Waals surface area contributed by atoms with Crippen LogP contribution in [-0.2, 0) is 4.79 Å². The molecule has 5 nitrogen and oxygen atoms in total. The van der Waals surface area contributed by atoms with E-state index in [4.69, 9.17) is 0 Å². The number of hydrogen-bond acceptors (Lipinski definition) is 4. The zero-order valence-electron chi connectivity index (χ0n) is 44.1. The van der Waals surface area contributed by atoms with Gasteiger partial charge in [-0.3, -0.25) is 4.79 Å². The third-order valence-electron chi connectivity index (χ3n) is 14.0. The summed E-state index contributed by atoms with van der Waals surface area (Å²) >= 11 is 0. The second-order valence-corrected chi connectivity index (χ2v) is 20.6. The van der Waals surface area contributed by atoms with Gasteiger partial charge in [-0.1, -0.05) is 321 Å². The van der Waals surface area contributed by atoms with Gasteiger partial charge in [0.15, 0.2) is 0 Å². The number of carbonyl (C=O) groups excluding carboxylic acids is 1. The first-order chi connectivity index (χ1) is 32.1. The molecule has 0 saturated heterocycles. The Bertz CT molecular complexity index is 967. The van der Waals surface area contributed by atoms with Gasteiger partial charge in [0.25, 0.3) is 0 Å². The molecule has 0 saturated carbocycles. The van der Waals surface area contributed by atoms with Crippen LogP contribution in [0.1, 0.15) is 328 Å². The Morgan fingerprint density at radius 3 is 0.938 bits per heavy atom. The van der Waals surface area contributed by atoms with Crippen LogP contribution in [0.5, 0.6) is 0 Å². The molecule has 65 heavy (non-hydrogen) atoms. The SMILES string of the molecule is CCCCCCCCCCCCC/C=C/CC/C=C/C(O)C(CO)NC(=O)C(O)CCCCCCCCCCCCCCCCCCCCCCCCCCCCCCCCCCCC. The highest BCUT2D eigenvalue weighted by Crippen LogP contribution is 2.18. The molecule has 386 valence electrons. The molecule has 0 spiro atoms. The highest BCUT2D eigenvalue weighted by molar-refractivity contribution is 5.80.